The summed E-state index contributed by atoms with van der Waals surface area (Å²) in [5.74, 6) is 2.04. The van der Waals surface area contributed by atoms with Crippen molar-refractivity contribution in [3.8, 4) is 5.75 Å². The third-order valence-corrected chi connectivity index (χ3v) is 8.94. The Bertz CT molecular complexity index is 1460. The Hall–Kier alpha value is -3.14. The van der Waals surface area contributed by atoms with Crippen molar-refractivity contribution in [2.24, 2.45) is 11.1 Å². The Kier molecular flexibility index (Phi) is 5.86. The third kappa shape index (κ3) is 4.01. The summed E-state index contributed by atoms with van der Waals surface area (Å²) in [5.41, 5.74) is 16.6. The maximum absolute atomic E-state index is 6.79. The van der Waals surface area contributed by atoms with Crippen LogP contribution in [0, 0.1) is 5.41 Å². The molecule has 1 fully saturated rings. The van der Waals surface area contributed by atoms with Gasteiger partial charge in [-0.15, -0.1) is 0 Å². The fourth-order valence-electron chi connectivity index (χ4n) is 5.36. The van der Waals surface area contributed by atoms with E-state index in [2.05, 4.69) is 32.0 Å². The molecule has 36 heavy (non-hydrogen) atoms. The monoisotopic (exact) mass is 519 g/mol. The number of hydrogen-bond donors (Lipinski definition) is 2. The van der Waals surface area contributed by atoms with Crippen molar-refractivity contribution < 1.29 is 4.74 Å². The SMILES string of the molecule is COc1ccc2c(c1)[C@@H](N)C1(CCN(c3cnc4nc(Sc5ccnc(N)c5Cl)ccc4n3)CC1)C2. The second-order valence-electron chi connectivity index (χ2n) is 9.40. The molecular weight excluding hydrogens is 494 g/mol. The molecular formula is C26H26ClN7OS. The predicted octanol–water partition coefficient (Wildman–Crippen LogP) is 4.66. The van der Waals surface area contributed by atoms with E-state index in [9.17, 15) is 0 Å². The van der Waals surface area contributed by atoms with Gasteiger partial charge < -0.3 is 21.1 Å². The van der Waals surface area contributed by atoms with Gasteiger partial charge in [0.15, 0.2) is 5.65 Å². The van der Waals surface area contributed by atoms with Gasteiger partial charge in [0.2, 0.25) is 0 Å². The molecule has 184 valence electrons. The number of fused-ring (bicyclic) bond motifs is 2. The molecule has 2 aliphatic rings. The van der Waals surface area contributed by atoms with E-state index in [-0.39, 0.29) is 11.5 Å². The predicted molar refractivity (Wildman–Crippen MR) is 143 cm³/mol. The number of nitrogens with two attached hydrogens (primary N) is 2. The van der Waals surface area contributed by atoms with Crippen molar-refractivity contribution in [1.29, 1.82) is 0 Å². The maximum atomic E-state index is 6.79. The zero-order chi connectivity index (χ0) is 24.9. The topological polar surface area (TPSA) is 116 Å². The Morgan fingerprint density at radius 3 is 2.75 bits per heavy atom. The van der Waals surface area contributed by atoms with Gasteiger partial charge in [-0.3, -0.25) is 0 Å². The fraction of sp³-hybridized carbons (Fsp3) is 0.308. The van der Waals surface area contributed by atoms with Gasteiger partial charge >= 0.3 is 0 Å². The third-order valence-electron chi connectivity index (χ3n) is 7.44. The van der Waals surface area contributed by atoms with Crippen molar-refractivity contribution in [3.05, 3.63) is 64.9 Å². The zero-order valence-corrected chi connectivity index (χ0v) is 21.4. The fourth-order valence-corrected chi connectivity index (χ4v) is 6.40. The van der Waals surface area contributed by atoms with E-state index < -0.39 is 0 Å². The number of pyridine rings is 2. The molecule has 1 aliphatic heterocycles. The van der Waals surface area contributed by atoms with E-state index in [4.69, 9.17) is 32.8 Å². The highest BCUT2D eigenvalue weighted by Crippen LogP contribution is 2.51. The molecule has 1 saturated heterocycles. The summed E-state index contributed by atoms with van der Waals surface area (Å²) in [6, 6.07) is 12.0. The lowest BCUT2D eigenvalue weighted by Gasteiger charge is -2.42. The Balaban J connectivity index is 1.17. The average Bonchev–Trinajstić information content (AvgIpc) is 3.17. The second-order valence-corrected chi connectivity index (χ2v) is 10.8. The highest BCUT2D eigenvalue weighted by Gasteiger charge is 2.46. The molecule has 1 spiro atoms. The van der Waals surface area contributed by atoms with Crippen molar-refractivity contribution in [3.63, 3.8) is 0 Å². The first-order chi connectivity index (χ1) is 17.5. The summed E-state index contributed by atoms with van der Waals surface area (Å²) >= 11 is 7.70. The van der Waals surface area contributed by atoms with Crippen LogP contribution in [-0.4, -0.2) is 40.1 Å². The average molecular weight is 520 g/mol. The van der Waals surface area contributed by atoms with E-state index in [0.29, 0.717) is 16.5 Å². The first-order valence-electron chi connectivity index (χ1n) is 11.8. The summed E-state index contributed by atoms with van der Waals surface area (Å²) in [6.45, 7) is 1.78. The molecule has 1 atom stereocenters. The number of ether oxygens (including phenoxy) is 1. The van der Waals surface area contributed by atoms with Crippen LogP contribution in [0.4, 0.5) is 11.6 Å². The van der Waals surface area contributed by atoms with Crippen LogP contribution in [-0.2, 0) is 6.42 Å². The largest absolute Gasteiger partial charge is 0.497 e. The molecule has 3 aromatic heterocycles. The molecule has 0 saturated carbocycles. The number of halogens is 1. The van der Waals surface area contributed by atoms with Crippen LogP contribution < -0.4 is 21.1 Å². The maximum Gasteiger partial charge on any atom is 0.179 e. The molecule has 0 amide bonds. The van der Waals surface area contributed by atoms with Gasteiger partial charge in [-0.1, -0.05) is 29.4 Å². The van der Waals surface area contributed by atoms with Gasteiger partial charge in [-0.25, -0.2) is 19.9 Å². The minimum Gasteiger partial charge on any atom is -0.497 e. The molecule has 0 radical (unpaired) electrons. The molecule has 0 unspecified atom stereocenters. The van der Waals surface area contributed by atoms with Gasteiger partial charge in [-0.05, 0) is 66.1 Å². The zero-order valence-electron chi connectivity index (χ0n) is 19.8. The number of benzene rings is 1. The van der Waals surface area contributed by atoms with Crippen LogP contribution in [0.1, 0.15) is 30.0 Å². The number of nitrogens with zero attached hydrogens (tertiary/aromatic N) is 5. The van der Waals surface area contributed by atoms with Crippen LogP contribution in [0.15, 0.2) is 58.7 Å². The minimum absolute atomic E-state index is 0.0248. The summed E-state index contributed by atoms with van der Waals surface area (Å²) < 4.78 is 5.42. The van der Waals surface area contributed by atoms with Gasteiger partial charge in [-0.2, -0.15) is 0 Å². The summed E-state index contributed by atoms with van der Waals surface area (Å²) in [7, 11) is 1.70. The van der Waals surface area contributed by atoms with E-state index in [1.165, 1.54) is 22.9 Å². The van der Waals surface area contributed by atoms with Gasteiger partial charge in [0.25, 0.3) is 0 Å². The number of nitrogen functional groups attached to an aromatic ring is 1. The lowest BCUT2D eigenvalue weighted by atomic mass is 9.73. The second kappa shape index (κ2) is 9.06. The number of aromatic nitrogens is 4. The van der Waals surface area contributed by atoms with E-state index in [0.717, 1.165) is 59.4 Å². The number of methoxy groups -OCH3 is 1. The molecule has 4 N–H and O–H groups in total. The van der Waals surface area contributed by atoms with E-state index in [1.807, 2.05) is 30.5 Å². The van der Waals surface area contributed by atoms with Crippen molar-refractivity contribution in [1.82, 2.24) is 19.9 Å². The van der Waals surface area contributed by atoms with Gasteiger partial charge in [0.1, 0.15) is 27.9 Å². The lowest BCUT2D eigenvalue weighted by Crippen LogP contribution is -2.44. The van der Waals surface area contributed by atoms with E-state index in [1.54, 1.807) is 13.3 Å². The summed E-state index contributed by atoms with van der Waals surface area (Å²) in [4.78, 5) is 21.2. The van der Waals surface area contributed by atoms with Crippen LogP contribution in [0.25, 0.3) is 11.2 Å². The van der Waals surface area contributed by atoms with Crippen molar-refractivity contribution >= 4 is 46.2 Å². The Morgan fingerprint density at radius 1 is 1.11 bits per heavy atom. The Morgan fingerprint density at radius 2 is 1.94 bits per heavy atom. The molecule has 10 heteroatoms. The van der Waals surface area contributed by atoms with Crippen LogP contribution in [0.2, 0.25) is 5.02 Å². The van der Waals surface area contributed by atoms with Crippen molar-refractivity contribution in [2.45, 2.75) is 35.2 Å². The first-order valence-corrected chi connectivity index (χ1v) is 13.0. The smallest absolute Gasteiger partial charge is 0.179 e. The standard InChI is InChI=1S/C26H26ClN7OS/c1-35-16-3-2-15-13-26(23(28)17(15)12-16)7-10-34(11-8-26)20-14-31-25-18(32-20)4-5-21(33-25)36-19-6-9-30-24(29)22(19)27/h2-6,9,12,14,23H,7-8,10-11,13,28H2,1H3,(H2,29,30)/t23-/m1/s1. The normalized spacial score (nSPS) is 18.5. The summed E-state index contributed by atoms with van der Waals surface area (Å²) in [5, 5.41) is 1.20. The molecule has 4 heterocycles. The quantitative estimate of drug-likeness (QED) is 0.397. The highest BCUT2D eigenvalue weighted by molar-refractivity contribution is 7.99. The van der Waals surface area contributed by atoms with E-state index >= 15 is 0 Å². The number of anilines is 2. The molecule has 1 aliphatic carbocycles. The molecule has 6 rings (SSSR count). The van der Waals surface area contributed by atoms with Crippen LogP contribution in [0.3, 0.4) is 0 Å². The number of rotatable bonds is 4. The van der Waals surface area contributed by atoms with Crippen molar-refractivity contribution in [2.75, 3.05) is 30.8 Å². The van der Waals surface area contributed by atoms with Crippen LogP contribution >= 0.6 is 23.4 Å². The number of piperidine rings is 1. The highest BCUT2D eigenvalue weighted by atomic mass is 35.5. The van der Waals surface area contributed by atoms with Gasteiger partial charge in [0, 0.05) is 30.2 Å². The number of hydrogen-bond acceptors (Lipinski definition) is 9. The van der Waals surface area contributed by atoms with Gasteiger partial charge in [0.05, 0.1) is 18.3 Å². The molecule has 1 aromatic carbocycles. The molecule has 8 nitrogen and oxygen atoms in total. The molecule has 4 aromatic rings. The summed E-state index contributed by atoms with van der Waals surface area (Å²) in [6.07, 6.45) is 6.48. The van der Waals surface area contributed by atoms with Crippen LogP contribution in [0.5, 0.6) is 5.75 Å². The first kappa shape index (κ1) is 23.3. The lowest BCUT2D eigenvalue weighted by molar-refractivity contribution is 0.187. The molecule has 0 bridgehead atoms. The minimum atomic E-state index is 0.0248. The Labute approximate surface area is 218 Å².